The van der Waals surface area contributed by atoms with Gasteiger partial charge in [0.05, 0.1) is 5.70 Å². The minimum atomic E-state index is -0.154. The minimum absolute atomic E-state index is 0.0423. The number of benzene rings is 1. The van der Waals surface area contributed by atoms with Gasteiger partial charge in [0.25, 0.3) is 0 Å². The Bertz CT molecular complexity index is 529. The summed E-state index contributed by atoms with van der Waals surface area (Å²) in [5.41, 5.74) is 1.55. The molecule has 1 atom stereocenters. The standard InChI is InChI=1S/C15H15NO2/c1-11(17)15-10-14(8-9-16(15)12(2)18)13-6-4-3-5-7-13/h3-10,14H,1-2H3. The number of amides is 1. The molecule has 1 aromatic carbocycles. The normalized spacial score (nSPS) is 18.4. The van der Waals surface area contributed by atoms with Crippen molar-refractivity contribution in [2.75, 3.05) is 0 Å². The Morgan fingerprint density at radius 3 is 2.33 bits per heavy atom. The second kappa shape index (κ2) is 5.00. The van der Waals surface area contributed by atoms with Crippen LogP contribution in [-0.2, 0) is 9.59 Å². The maximum atomic E-state index is 11.6. The smallest absolute Gasteiger partial charge is 0.228 e. The molecule has 0 saturated heterocycles. The van der Waals surface area contributed by atoms with Crippen molar-refractivity contribution in [1.29, 1.82) is 0 Å². The number of carbonyl (C=O) groups excluding carboxylic acids is 2. The van der Waals surface area contributed by atoms with Crippen LogP contribution in [0, 0.1) is 0 Å². The van der Waals surface area contributed by atoms with E-state index < -0.39 is 0 Å². The molecule has 0 bridgehead atoms. The lowest BCUT2D eigenvalue weighted by molar-refractivity contribution is -0.127. The second-order valence-electron chi connectivity index (χ2n) is 4.28. The molecular weight excluding hydrogens is 226 g/mol. The fourth-order valence-corrected chi connectivity index (χ4v) is 2.01. The van der Waals surface area contributed by atoms with Gasteiger partial charge in [-0.2, -0.15) is 0 Å². The molecule has 1 aliphatic heterocycles. The monoisotopic (exact) mass is 241 g/mol. The van der Waals surface area contributed by atoms with Crippen LogP contribution in [0.15, 0.2) is 54.4 Å². The van der Waals surface area contributed by atoms with Gasteiger partial charge >= 0.3 is 0 Å². The molecule has 1 aromatic rings. The van der Waals surface area contributed by atoms with E-state index in [1.165, 1.54) is 18.7 Å². The van der Waals surface area contributed by atoms with Gasteiger partial charge in [-0.1, -0.05) is 36.4 Å². The predicted octanol–water partition coefficient (Wildman–Crippen LogP) is 2.62. The topological polar surface area (TPSA) is 37.4 Å². The first kappa shape index (κ1) is 12.3. The Morgan fingerprint density at radius 2 is 1.78 bits per heavy atom. The van der Waals surface area contributed by atoms with Crippen LogP contribution in [-0.4, -0.2) is 16.6 Å². The van der Waals surface area contributed by atoms with E-state index in [0.29, 0.717) is 5.70 Å². The molecule has 92 valence electrons. The first-order chi connectivity index (χ1) is 8.59. The molecule has 1 unspecified atom stereocenters. The molecule has 1 amide bonds. The van der Waals surface area contributed by atoms with Crippen molar-refractivity contribution in [3.63, 3.8) is 0 Å². The van der Waals surface area contributed by atoms with Crippen LogP contribution >= 0.6 is 0 Å². The van der Waals surface area contributed by atoms with E-state index in [9.17, 15) is 9.59 Å². The Morgan fingerprint density at radius 1 is 1.11 bits per heavy atom. The largest absolute Gasteiger partial charge is 0.293 e. The summed E-state index contributed by atoms with van der Waals surface area (Å²) in [5, 5.41) is 0. The summed E-state index contributed by atoms with van der Waals surface area (Å²) < 4.78 is 0. The van der Waals surface area contributed by atoms with Crippen LogP contribution in [0.4, 0.5) is 0 Å². The molecule has 0 fully saturated rings. The Hall–Kier alpha value is -2.16. The SMILES string of the molecule is CC(=O)C1=CC(c2ccccc2)C=CN1C(C)=O. The molecule has 0 radical (unpaired) electrons. The number of allylic oxidation sites excluding steroid dienone is 3. The second-order valence-corrected chi connectivity index (χ2v) is 4.28. The molecule has 2 rings (SSSR count). The van der Waals surface area contributed by atoms with Crippen LogP contribution in [0.3, 0.4) is 0 Å². The van der Waals surface area contributed by atoms with Crippen molar-refractivity contribution >= 4 is 11.7 Å². The third kappa shape index (κ3) is 2.40. The van der Waals surface area contributed by atoms with E-state index in [1.54, 1.807) is 6.20 Å². The molecule has 0 spiro atoms. The fraction of sp³-hybridized carbons (Fsp3) is 0.200. The summed E-state index contributed by atoms with van der Waals surface area (Å²) in [5.74, 6) is -0.213. The van der Waals surface area contributed by atoms with Gasteiger partial charge < -0.3 is 0 Å². The van der Waals surface area contributed by atoms with E-state index in [4.69, 9.17) is 0 Å². The number of Topliss-reactive ketones (excluding diaryl/α,β-unsaturated/α-hetero) is 1. The summed E-state index contributed by atoms with van der Waals surface area (Å²) in [6.45, 7) is 2.92. The van der Waals surface area contributed by atoms with Crippen molar-refractivity contribution in [3.05, 3.63) is 59.9 Å². The van der Waals surface area contributed by atoms with Crippen LogP contribution in [0.2, 0.25) is 0 Å². The van der Waals surface area contributed by atoms with Crippen molar-refractivity contribution in [2.45, 2.75) is 19.8 Å². The molecule has 1 heterocycles. The first-order valence-corrected chi connectivity index (χ1v) is 5.85. The zero-order valence-electron chi connectivity index (χ0n) is 10.5. The summed E-state index contributed by atoms with van der Waals surface area (Å²) >= 11 is 0. The molecule has 0 aliphatic carbocycles. The van der Waals surface area contributed by atoms with Gasteiger partial charge in [0.15, 0.2) is 5.78 Å². The average Bonchev–Trinajstić information content (AvgIpc) is 2.39. The molecule has 0 aromatic heterocycles. The third-order valence-electron chi connectivity index (χ3n) is 2.92. The Labute approximate surface area is 106 Å². The van der Waals surface area contributed by atoms with Gasteiger partial charge in [0.1, 0.15) is 0 Å². The van der Waals surface area contributed by atoms with E-state index in [0.717, 1.165) is 5.56 Å². The minimum Gasteiger partial charge on any atom is -0.293 e. The number of hydrogen-bond donors (Lipinski definition) is 0. The maximum absolute atomic E-state index is 11.6. The fourth-order valence-electron chi connectivity index (χ4n) is 2.01. The van der Waals surface area contributed by atoms with Crippen LogP contribution in [0.1, 0.15) is 25.3 Å². The van der Waals surface area contributed by atoms with Crippen molar-refractivity contribution < 1.29 is 9.59 Å². The van der Waals surface area contributed by atoms with Gasteiger partial charge in [-0.3, -0.25) is 14.5 Å². The third-order valence-corrected chi connectivity index (χ3v) is 2.92. The zero-order valence-corrected chi connectivity index (χ0v) is 10.5. The van der Waals surface area contributed by atoms with Gasteiger partial charge in [-0.25, -0.2) is 0 Å². The lowest BCUT2D eigenvalue weighted by Gasteiger charge is -2.24. The number of carbonyl (C=O) groups is 2. The van der Waals surface area contributed by atoms with E-state index in [-0.39, 0.29) is 17.6 Å². The Kier molecular flexibility index (Phi) is 3.42. The number of ketones is 1. The first-order valence-electron chi connectivity index (χ1n) is 5.85. The molecule has 0 N–H and O–H groups in total. The summed E-state index contributed by atoms with van der Waals surface area (Å²) in [6, 6.07) is 9.89. The molecule has 3 nitrogen and oxygen atoms in total. The number of nitrogens with zero attached hydrogens (tertiary/aromatic N) is 1. The highest BCUT2D eigenvalue weighted by Gasteiger charge is 2.21. The molecule has 1 aliphatic rings. The lowest BCUT2D eigenvalue weighted by Crippen LogP contribution is -2.28. The number of rotatable bonds is 2. The molecule has 3 heteroatoms. The van der Waals surface area contributed by atoms with E-state index in [2.05, 4.69) is 0 Å². The van der Waals surface area contributed by atoms with Gasteiger partial charge in [0.2, 0.25) is 5.91 Å². The van der Waals surface area contributed by atoms with Crippen molar-refractivity contribution in [1.82, 2.24) is 4.90 Å². The quantitative estimate of drug-likeness (QED) is 0.798. The molecule has 18 heavy (non-hydrogen) atoms. The van der Waals surface area contributed by atoms with Gasteiger partial charge in [0, 0.05) is 26.0 Å². The lowest BCUT2D eigenvalue weighted by atomic mass is 9.95. The van der Waals surface area contributed by atoms with E-state index in [1.807, 2.05) is 42.5 Å². The van der Waals surface area contributed by atoms with Gasteiger partial charge in [-0.15, -0.1) is 0 Å². The molecular formula is C15H15NO2. The predicted molar refractivity (Wildman–Crippen MR) is 69.6 cm³/mol. The van der Waals surface area contributed by atoms with Gasteiger partial charge in [-0.05, 0) is 11.6 Å². The maximum Gasteiger partial charge on any atom is 0.228 e. The summed E-state index contributed by atoms with van der Waals surface area (Å²) in [6.07, 6.45) is 5.43. The van der Waals surface area contributed by atoms with Crippen LogP contribution in [0.5, 0.6) is 0 Å². The van der Waals surface area contributed by atoms with Crippen LogP contribution in [0.25, 0.3) is 0 Å². The summed E-state index contributed by atoms with van der Waals surface area (Å²) in [4.78, 5) is 24.4. The van der Waals surface area contributed by atoms with Crippen molar-refractivity contribution in [2.24, 2.45) is 0 Å². The van der Waals surface area contributed by atoms with Crippen LogP contribution < -0.4 is 0 Å². The highest BCUT2D eigenvalue weighted by molar-refractivity contribution is 5.97. The molecule has 0 saturated carbocycles. The highest BCUT2D eigenvalue weighted by Crippen LogP contribution is 2.26. The average molecular weight is 241 g/mol. The number of hydrogen-bond acceptors (Lipinski definition) is 2. The van der Waals surface area contributed by atoms with Crippen molar-refractivity contribution in [3.8, 4) is 0 Å². The summed E-state index contributed by atoms with van der Waals surface area (Å²) in [7, 11) is 0. The zero-order chi connectivity index (χ0) is 13.1. The highest BCUT2D eigenvalue weighted by atomic mass is 16.2. The van der Waals surface area contributed by atoms with E-state index >= 15 is 0 Å². The Balaban J connectivity index is 2.36.